The van der Waals surface area contributed by atoms with Gasteiger partial charge in [-0.05, 0) is 13.0 Å². The zero-order chi connectivity index (χ0) is 14.8. The van der Waals surface area contributed by atoms with Crippen LogP contribution in [-0.2, 0) is 6.54 Å². The highest BCUT2D eigenvalue weighted by atomic mass is 32.1. The predicted octanol–water partition coefficient (Wildman–Crippen LogP) is 1.30. The van der Waals surface area contributed by atoms with Crippen molar-refractivity contribution in [1.82, 2.24) is 25.5 Å². The van der Waals surface area contributed by atoms with Crippen molar-refractivity contribution in [3.63, 3.8) is 0 Å². The number of nitrogen functional groups attached to an aromatic ring is 1. The second kappa shape index (κ2) is 5.41. The van der Waals surface area contributed by atoms with E-state index in [9.17, 15) is 4.79 Å². The molecule has 21 heavy (non-hydrogen) atoms. The maximum atomic E-state index is 12.2. The van der Waals surface area contributed by atoms with Crippen molar-refractivity contribution in [2.24, 2.45) is 0 Å². The number of nitrogens with two attached hydrogens (primary N) is 1. The van der Waals surface area contributed by atoms with Gasteiger partial charge in [0, 0.05) is 11.6 Å². The minimum Gasteiger partial charge on any atom is -0.397 e. The fourth-order valence-corrected chi connectivity index (χ4v) is 2.76. The van der Waals surface area contributed by atoms with Crippen LogP contribution in [0.1, 0.15) is 21.1 Å². The lowest BCUT2D eigenvalue weighted by Gasteiger charge is -2.03. The van der Waals surface area contributed by atoms with Gasteiger partial charge in [-0.1, -0.05) is 0 Å². The third kappa shape index (κ3) is 2.65. The van der Waals surface area contributed by atoms with Crippen molar-refractivity contribution in [3.8, 4) is 0 Å². The van der Waals surface area contributed by atoms with Crippen molar-refractivity contribution >= 4 is 33.1 Å². The van der Waals surface area contributed by atoms with E-state index in [1.165, 1.54) is 11.3 Å². The number of carbonyl (C=O) groups is 1. The molecule has 3 aromatic heterocycles. The summed E-state index contributed by atoms with van der Waals surface area (Å²) in [7, 11) is 0. The van der Waals surface area contributed by atoms with Crippen LogP contribution in [0, 0.1) is 6.92 Å². The van der Waals surface area contributed by atoms with Crippen molar-refractivity contribution in [1.29, 1.82) is 0 Å². The van der Waals surface area contributed by atoms with E-state index in [0.29, 0.717) is 27.6 Å². The number of anilines is 1. The molecule has 0 bridgehead atoms. The standard InChI is InChI=1S/C13H12N6OS/c1-7-4-16-8(5-15-7)6-17-12(20)11-10(14)9-2-3-18-19-13(9)21-11/h2-5H,6,14H2,1H3,(H,17,20). The summed E-state index contributed by atoms with van der Waals surface area (Å²) in [4.78, 5) is 21.6. The van der Waals surface area contributed by atoms with Gasteiger partial charge in [0.15, 0.2) is 0 Å². The summed E-state index contributed by atoms with van der Waals surface area (Å²) in [5.74, 6) is -0.252. The first-order valence-electron chi connectivity index (χ1n) is 6.20. The number of amides is 1. The van der Waals surface area contributed by atoms with Crippen LogP contribution in [0.25, 0.3) is 10.2 Å². The zero-order valence-electron chi connectivity index (χ0n) is 11.2. The summed E-state index contributed by atoms with van der Waals surface area (Å²) in [6.07, 6.45) is 4.84. The maximum absolute atomic E-state index is 12.2. The number of aromatic nitrogens is 4. The lowest BCUT2D eigenvalue weighted by molar-refractivity contribution is 0.0955. The Bertz CT molecular complexity index is 798. The van der Waals surface area contributed by atoms with Crippen LogP contribution < -0.4 is 11.1 Å². The normalized spacial score (nSPS) is 10.7. The molecule has 0 saturated carbocycles. The second-order valence-electron chi connectivity index (χ2n) is 4.43. The molecule has 8 heteroatoms. The van der Waals surface area contributed by atoms with E-state index in [1.807, 2.05) is 6.92 Å². The summed E-state index contributed by atoms with van der Waals surface area (Å²) in [6.45, 7) is 2.15. The monoisotopic (exact) mass is 300 g/mol. The number of fused-ring (bicyclic) bond motifs is 1. The van der Waals surface area contributed by atoms with Gasteiger partial charge in [0.25, 0.3) is 5.91 Å². The van der Waals surface area contributed by atoms with E-state index in [0.717, 1.165) is 11.1 Å². The highest BCUT2D eigenvalue weighted by Gasteiger charge is 2.17. The highest BCUT2D eigenvalue weighted by molar-refractivity contribution is 7.21. The Hall–Kier alpha value is -2.61. The van der Waals surface area contributed by atoms with E-state index in [4.69, 9.17) is 5.73 Å². The number of hydrogen-bond donors (Lipinski definition) is 2. The van der Waals surface area contributed by atoms with E-state index >= 15 is 0 Å². The molecule has 0 atom stereocenters. The first-order valence-corrected chi connectivity index (χ1v) is 7.02. The van der Waals surface area contributed by atoms with Gasteiger partial charge in [0.2, 0.25) is 0 Å². The lowest BCUT2D eigenvalue weighted by Crippen LogP contribution is -2.23. The van der Waals surface area contributed by atoms with Crippen LogP contribution in [0.5, 0.6) is 0 Å². The first kappa shape index (κ1) is 13.4. The quantitative estimate of drug-likeness (QED) is 0.755. The summed E-state index contributed by atoms with van der Waals surface area (Å²) in [5.41, 5.74) is 7.93. The van der Waals surface area contributed by atoms with Gasteiger partial charge in [0.05, 0.1) is 36.0 Å². The average Bonchev–Trinajstić information content (AvgIpc) is 2.84. The van der Waals surface area contributed by atoms with E-state index in [2.05, 4.69) is 25.5 Å². The Kier molecular flexibility index (Phi) is 3.44. The fourth-order valence-electron chi connectivity index (χ4n) is 1.80. The molecule has 0 aliphatic carbocycles. The van der Waals surface area contributed by atoms with Gasteiger partial charge in [0.1, 0.15) is 9.71 Å². The van der Waals surface area contributed by atoms with Crippen molar-refractivity contribution < 1.29 is 4.79 Å². The molecule has 0 aromatic carbocycles. The number of hydrogen-bond acceptors (Lipinski definition) is 7. The summed E-state index contributed by atoms with van der Waals surface area (Å²) >= 11 is 1.22. The third-order valence-electron chi connectivity index (χ3n) is 2.89. The van der Waals surface area contributed by atoms with Gasteiger partial charge in [-0.25, -0.2) is 0 Å². The number of thiophene rings is 1. The molecule has 7 nitrogen and oxygen atoms in total. The third-order valence-corrected chi connectivity index (χ3v) is 4.00. The molecule has 0 unspecified atom stereocenters. The van der Waals surface area contributed by atoms with Gasteiger partial charge in [-0.2, -0.15) is 5.10 Å². The molecule has 0 aliphatic heterocycles. The Morgan fingerprint density at radius 3 is 2.95 bits per heavy atom. The molecule has 3 N–H and O–H groups in total. The van der Waals surface area contributed by atoms with Crippen LogP contribution in [-0.4, -0.2) is 26.1 Å². The van der Waals surface area contributed by atoms with Gasteiger partial charge in [-0.3, -0.25) is 14.8 Å². The predicted molar refractivity (Wildman–Crippen MR) is 79.8 cm³/mol. The van der Waals surface area contributed by atoms with Crippen LogP contribution in [0.4, 0.5) is 5.69 Å². The van der Waals surface area contributed by atoms with Crippen LogP contribution in [0.15, 0.2) is 24.7 Å². The first-order chi connectivity index (χ1) is 10.1. The zero-order valence-corrected chi connectivity index (χ0v) is 12.0. The molecule has 0 fully saturated rings. The van der Waals surface area contributed by atoms with Gasteiger partial charge < -0.3 is 11.1 Å². The van der Waals surface area contributed by atoms with E-state index in [-0.39, 0.29) is 5.91 Å². The average molecular weight is 300 g/mol. The number of aryl methyl sites for hydroxylation is 1. The molecule has 1 amide bonds. The topological polar surface area (TPSA) is 107 Å². The molecule has 0 saturated heterocycles. The number of carbonyl (C=O) groups excluding carboxylic acids is 1. The summed E-state index contributed by atoms with van der Waals surface area (Å²) < 4.78 is 0. The Morgan fingerprint density at radius 1 is 1.38 bits per heavy atom. The molecule has 106 valence electrons. The smallest absolute Gasteiger partial charge is 0.263 e. The van der Waals surface area contributed by atoms with Crippen LogP contribution in [0.2, 0.25) is 0 Å². The Morgan fingerprint density at radius 2 is 2.24 bits per heavy atom. The lowest BCUT2D eigenvalue weighted by atomic mass is 10.3. The largest absolute Gasteiger partial charge is 0.397 e. The minimum atomic E-state index is -0.252. The fraction of sp³-hybridized carbons (Fsp3) is 0.154. The number of rotatable bonds is 3. The SMILES string of the molecule is Cc1cnc(CNC(=O)c2sc3nnccc3c2N)cn1. The Balaban J connectivity index is 1.78. The molecule has 0 aliphatic rings. The second-order valence-corrected chi connectivity index (χ2v) is 5.43. The molecular weight excluding hydrogens is 288 g/mol. The van der Waals surface area contributed by atoms with E-state index in [1.54, 1.807) is 24.7 Å². The molecule has 0 spiro atoms. The molecule has 3 aromatic rings. The molecule has 3 rings (SSSR count). The van der Waals surface area contributed by atoms with Crippen LogP contribution >= 0.6 is 11.3 Å². The van der Waals surface area contributed by atoms with Crippen molar-refractivity contribution in [2.45, 2.75) is 13.5 Å². The minimum absolute atomic E-state index is 0.252. The van der Waals surface area contributed by atoms with Crippen LogP contribution in [0.3, 0.4) is 0 Å². The highest BCUT2D eigenvalue weighted by Crippen LogP contribution is 2.31. The van der Waals surface area contributed by atoms with E-state index < -0.39 is 0 Å². The van der Waals surface area contributed by atoms with Gasteiger partial charge in [-0.15, -0.1) is 16.4 Å². The maximum Gasteiger partial charge on any atom is 0.263 e. The summed E-state index contributed by atoms with van der Waals surface area (Å²) in [6, 6.07) is 1.75. The van der Waals surface area contributed by atoms with Crippen molar-refractivity contribution in [3.05, 3.63) is 40.9 Å². The summed E-state index contributed by atoms with van der Waals surface area (Å²) in [5, 5.41) is 11.3. The number of nitrogens with zero attached hydrogens (tertiary/aromatic N) is 4. The molecule has 0 radical (unpaired) electrons. The molecule has 3 heterocycles. The van der Waals surface area contributed by atoms with Gasteiger partial charge >= 0.3 is 0 Å². The number of nitrogens with one attached hydrogen (secondary N) is 1. The molecular formula is C13H12N6OS. The Labute approximate surface area is 124 Å². The van der Waals surface area contributed by atoms with Crippen molar-refractivity contribution in [2.75, 3.05) is 5.73 Å².